The first-order valence-electron chi connectivity index (χ1n) is 9.36. The Bertz CT molecular complexity index is 1190. The Hall–Kier alpha value is -2.84. The molecule has 1 aliphatic heterocycles. The molecule has 1 atom stereocenters. The lowest BCUT2D eigenvalue weighted by molar-refractivity contribution is 0.102. The molecule has 0 aliphatic carbocycles. The van der Waals surface area contributed by atoms with Crippen LogP contribution < -0.4 is 10.1 Å². The molecule has 0 spiro atoms. The van der Waals surface area contributed by atoms with Crippen LogP contribution in [0.25, 0.3) is 11.3 Å². The van der Waals surface area contributed by atoms with Crippen molar-refractivity contribution in [2.45, 2.75) is 12.5 Å². The van der Waals surface area contributed by atoms with E-state index in [1.165, 1.54) is 0 Å². The van der Waals surface area contributed by atoms with Gasteiger partial charge in [-0.2, -0.15) is 5.10 Å². The number of nitrogens with zero attached hydrogens (tertiary/aromatic N) is 2. The van der Waals surface area contributed by atoms with Crippen LogP contribution in [-0.2, 0) is 9.84 Å². The summed E-state index contributed by atoms with van der Waals surface area (Å²) in [7, 11) is -1.53. The number of anilines is 1. The molecule has 1 aliphatic rings. The fraction of sp³-hybridized carbons (Fsp3) is 0.238. The Kier molecular flexibility index (Phi) is 5.53. The number of halogens is 1. The van der Waals surface area contributed by atoms with Crippen LogP contribution in [0.15, 0.2) is 54.6 Å². The number of hydrogen-bond donors (Lipinski definition) is 1. The van der Waals surface area contributed by atoms with E-state index in [-0.39, 0.29) is 23.2 Å². The Balaban J connectivity index is 1.70. The van der Waals surface area contributed by atoms with Crippen molar-refractivity contribution < 1.29 is 17.9 Å². The van der Waals surface area contributed by atoms with E-state index < -0.39 is 15.7 Å². The van der Waals surface area contributed by atoms with Gasteiger partial charge in [0.05, 0.1) is 30.4 Å². The van der Waals surface area contributed by atoms with Gasteiger partial charge in [-0.25, -0.2) is 8.42 Å². The standard InChI is InChI=1S/C21H20ClN3O4S/c1-29-18-7-5-14(6-8-18)20-12-19(21(26)23-16-4-2-3-15(22)11-16)24-25(20)17-9-10-30(27,28)13-17/h2-8,11-12,17H,9-10,13H2,1H3,(H,23,26)/t17-/m1/s1. The van der Waals surface area contributed by atoms with Crippen molar-refractivity contribution in [2.24, 2.45) is 0 Å². The molecular formula is C21H20ClN3O4S. The minimum absolute atomic E-state index is 0.00713. The molecular weight excluding hydrogens is 426 g/mol. The number of aromatic nitrogens is 2. The molecule has 0 unspecified atom stereocenters. The molecule has 1 N–H and O–H groups in total. The zero-order chi connectivity index (χ0) is 21.3. The molecule has 1 fully saturated rings. The van der Waals surface area contributed by atoms with Crippen LogP contribution in [0.5, 0.6) is 5.75 Å². The number of carbonyl (C=O) groups is 1. The SMILES string of the molecule is COc1ccc(-c2cc(C(=O)Nc3cccc(Cl)c3)nn2[C@@H]2CCS(=O)(=O)C2)cc1. The molecule has 7 nitrogen and oxygen atoms in total. The number of nitrogens with one attached hydrogen (secondary N) is 1. The number of rotatable bonds is 5. The number of amides is 1. The lowest BCUT2D eigenvalue weighted by Crippen LogP contribution is -2.16. The predicted octanol–water partition coefficient (Wildman–Crippen LogP) is 3.82. The summed E-state index contributed by atoms with van der Waals surface area (Å²) in [6.07, 6.45) is 0.461. The fourth-order valence-corrected chi connectivity index (χ4v) is 5.37. The summed E-state index contributed by atoms with van der Waals surface area (Å²) in [5.74, 6) is 0.426. The van der Waals surface area contributed by atoms with Gasteiger partial charge in [-0.3, -0.25) is 9.48 Å². The summed E-state index contributed by atoms with van der Waals surface area (Å²) in [5, 5.41) is 7.76. The van der Waals surface area contributed by atoms with E-state index in [0.29, 0.717) is 28.6 Å². The van der Waals surface area contributed by atoms with E-state index in [1.54, 1.807) is 42.1 Å². The van der Waals surface area contributed by atoms with E-state index in [1.807, 2.05) is 24.3 Å². The van der Waals surface area contributed by atoms with Crippen molar-refractivity contribution in [2.75, 3.05) is 23.9 Å². The first kappa shape index (κ1) is 20.4. The quantitative estimate of drug-likeness (QED) is 0.644. The molecule has 2 aromatic carbocycles. The van der Waals surface area contributed by atoms with Gasteiger partial charge in [-0.15, -0.1) is 0 Å². The van der Waals surface area contributed by atoms with E-state index in [9.17, 15) is 13.2 Å². The van der Waals surface area contributed by atoms with Gasteiger partial charge in [0.15, 0.2) is 15.5 Å². The number of hydrogen-bond acceptors (Lipinski definition) is 5. The largest absolute Gasteiger partial charge is 0.497 e. The number of ether oxygens (including phenoxy) is 1. The molecule has 2 heterocycles. The lowest BCUT2D eigenvalue weighted by atomic mass is 10.1. The molecule has 3 aromatic rings. The third-order valence-electron chi connectivity index (χ3n) is 4.99. The van der Waals surface area contributed by atoms with Crippen LogP contribution in [-0.4, -0.2) is 42.7 Å². The van der Waals surface area contributed by atoms with Gasteiger partial charge < -0.3 is 10.1 Å². The summed E-state index contributed by atoms with van der Waals surface area (Å²) in [5.41, 5.74) is 2.24. The molecule has 9 heteroatoms. The molecule has 30 heavy (non-hydrogen) atoms. The number of methoxy groups -OCH3 is 1. The van der Waals surface area contributed by atoms with Crippen LogP contribution in [0.2, 0.25) is 5.02 Å². The molecule has 4 rings (SSSR count). The highest BCUT2D eigenvalue weighted by atomic mass is 35.5. The molecule has 0 radical (unpaired) electrons. The van der Waals surface area contributed by atoms with Crippen molar-refractivity contribution in [3.05, 3.63) is 65.3 Å². The summed E-state index contributed by atoms with van der Waals surface area (Å²) in [4.78, 5) is 12.8. The first-order chi connectivity index (χ1) is 14.3. The summed E-state index contributed by atoms with van der Waals surface area (Å²) in [6.45, 7) is 0. The number of carbonyl (C=O) groups excluding carboxylic acids is 1. The highest BCUT2D eigenvalue weighted by Crippen LogP contribution is 2.31. The zero-order valence-corrected chi connectivity index (χ0v) is 17.8. The maximum atomic E-state index is 12.8. The molecule has 1 amide bonds. The number of benzene rings is 2. The molecule has 156 valence electrons. The van der Waals surface area contributed by atoms with Crippen LogP contribution >= 0.6 is 11.6 Å². The van der Waals surface area contributed by atoms with Gasteiger partial charge in [0, 0.05) is 16.3 Å². The van der Waals surface area contributed by atoms with Crippen molar-refractivity contribution >= 4 is 33.0 Å². The van der Waals surface area contributed by atoms with Gasteiger partial charge in [0.25, 0.3) is 5.91 Å². The lowest BCUT2D eigenvalue weighted by Gasteiger charge is -2.13. The van der Waals surface area contributed by atoms with E-state index in [4.69, 9.17) is 16.3 Å². The van der Waals surface area contributed by atoms with Crippen LogP contribution in [0.3, 0.4) is 0 Å². The minimum Gasteiger partial charge on any atom is -0.497 e. The van der Waals surface area contributed by atoms with Crippen molar-refractivity contribution in [1.82, 2.24) is 9.78 Å². The van der Waals surface area contributed by atoms with Gasteiger partial charge >= 0.3 is 0 Å². The molecule has 1 aromatic heterocycles. The average molecular weight is 446 g/mol. The Morgan fingerprint density at radius 3 is 2.60 bits per heavy atom. The molecule has 0 saturated carbocycles. The summed E-state index contributed by atoms with van der Waals surface area (Å²) < 4.78 is 30.9. The van der Waals surface area contributed by atoms with Crippen molar-refractivity contribution in [3.63, 3.8) is 0 Å². The normalized spacial score (nSPS) is 17.6. The highest BCUT2D eigenvalue weighted by molar-refractivity contribution is 7.91. The Labute approximate surface area is 179 Å². The smallest absolute Gasteiger partial charge is 0.276 e. The summed E-state index contributed by atoms with van der Waals surface area (Å²) >= 11 is 5.98. The Morgan fingerprint density at radius 1 is 1.20 bits per heavy atom. The van der Waals surface area contributed by atoms with E-state index in [2.05, 4.69) is 10.4 Å². The molecule has 0 bridgehead atoms. The van der Waals surface area contributed by atoms with Crippen molar-refractivity contribution in [1.29, 1.82) is 0 Å². The van der Waals surface area contributed by atoms with Gasteiger partial charge in [0.1, 0.15) is 5.75 Å². The maximum absolute atomic E-state index is 12.8. The zero-order valence-electron chi connectivity index (χ0n) is 16.2. The van der Waals surface area contributed by atoms with E-state index in [0.717, 1.165) is 5.56 Å². The Morgan fingerprint density at radius 2 is 1.97 bits per heavy atom. The predicted molar refractivity (Wildman–Crippen MR) is 116 cm³/mol. The third kappa shape index (κ3) is 4.34. The average Bonchev–Trinajstić information content (AvgIpc) is 3.31. The second kappa shape index (κ2) is 8.12. The molecule has 1 saturated heterocycles. The van der Waals surface area contributed by atoms with Gasteiger partial charge in [-0.05, 0) is 55.0 Å². The number of sulfone groups is 1. The van der Waals surface area contributed by atoms with E-state index >= 15 is 0 Å². The van der Waals surface area contributed by atoms with Gasteiger partial charge in [0.2, 0.25) is 0 Å². The second-order valence-electron chi connectivity index (χ2n) is 7.11. The van der Waals surface area contributed by atoms with Crippen LogP contribution in [0, 0.1) is 0 Å². The topological polar surface area (TPSA) is 90.3 Å². The summed E-state index contributed by atoms with van der Waals surface area (Å²) in [6, 6.07) is 15.5. The van der Waals surface area contributed by atoms with Crippen molar-refractivity contribution in [3.8, 4) is 17.0 Å². The van der Waals surface area contributed by atoms with Crippen LogP contribution in [0.4, 0.5) is 5.69 Å². The van der Waals surface area contributed by atoms with Gasteiger partial charge in [-0.1, -0.05) is 17.7 Å². The third-order valence-corrected chi connectivity index (χ3v) is 6.98. The monoisotopic (exact) mass is 445 g/mol. The fourth-order valence-electron chi connectivity index (χ4n) is 3.49. The maximum Gasteiger partial charge on any atom is 0.276 e. The highest BCUT2D eigenvalue weighted by Gasteiger charge is 2.32. The van der Waals surface area contributed by atoms with Crippen LogP contribution in [0.1, 0.15) is 23.0 Å². The first-order valence-corrected chi connectivity index (χ1v) is 11.6. The second-order valence-corrected chi connectivity index (χ2v) is 9.77. The minimum atomic E-state index is -3.11.